The molecule has 0 unspecified atom stereocenters. The van der Waals surface area contributed by atoms with Gasteiger partial charge in [-0.1, -0.05) is 6.07 Å². The summed E-state index contributed by atoms with van der Waals surface area (Å²) < 4.78 is 0. The van der Waals surface area contributed by atoms with Crippen LogP contribution in [0.2, 0.25) is 0 Å². The van der Waals surface area contributed by atoms with Crippen LogP contribution in [-0.4, -0.2) is 12.0 Å². The van der Waals surface area contributed by atoms with E-state index in [1.807, 2.05) is 24.9 Å². The maximum Gasteiger partial charge on any atom is 0.156 e. The van der Waals surface area contributed by atoms with E-state index in [0.717, 1.165) is 22.8 Å². The molecule has 0 aliphatic rings. The van der Waals surface area contributed by atoms with Gasteiger partial charge in [0.15, 0.2) is 5.82 Å². The first kappa shape index (κ1) is 12.4. The van der Waals surface area contributed by atoms with Crippen molar-refractivity contribution in [1.29, 1.82) is 0 Å². The lowest BCUT2D eigenvalue weighted by Gasteiger charge is -2.21. The van der Waals surface area contributed by atoms with Crippen LogP contribution in [0.1, 0.15) is 16.7 Å². The van der Waals surface area contributed by atoms with Crippen molar-refractivity contribution in [3.63, 3.8) is 0 Å². The van der Waals surface area contributed by atoms with Gasteiger partial charge in [0.05, 0.1) is 5.69 Å². The molecule has 0 atom stereocenters. The van der Waals surface area contributed by atoms with Crippen LogP contribution in [0, 0.1) is 20.8 Å². The molecule has 0 saturated heterocycles. The molecule has 3 nitrogen and oxygen atoms in total. The molecule has 94 valence electrons. The summed E-state index contributed by atoms with van der Waals surface area (Å²) in [4.78, 5) is 6.41. The van der Waals surface area contributed by atoms with Gasteiger partial charge < -0.3 is 10.6 Å². The lowest BCUT2D eigenvalue weighted by molar-refractivity contribution is 1.11. The SMILES string of the molecule is Cc1cc(C)cc(N(C)c2nccc(C)c2N)c1. The summed E-state index contributed by atoms with van der Waals surface area (Å²) in [6.45, 7) is 6.19. The molecule has 2 rings (SSSR count). The highest BCUT2D eigenvalue weighted by Crippen LogP contribution is 2.29. The zero-order valence-electron chi connectivity index (χ0n) is 11.4. The Morgan fingerprint density at radius 1 is 1.06 bits per heavy atom. The van der Waals surface area contributed by atoms with E-state index in [0.29, 0.717) is 0 Å². The fourth-order valence-corrected chi connectivity index (χ4v) is 2.09. The quantitative estimate of drug-likeness (QED) is 0.876. The van der Waals surface area contributed by atoms with Crippen molar-refractivity contribution in [3.05, 3.63) is 47.2 Å². The topological polar surface area (TPSA) is 42.2 Å². The van der Waals surface area contributed by atoms with E-state index in [4.69, 9.17) is 5.73 Å². The normalized spacial score (nSPS) is 10.4. The summed E-state index contributed by atoms with van der Waals surface area (Å²) in [6.07, 6.45) is 1.79. The number of aryl methyl sites for hydroxylation is 3. The molecule has 0 aliphatic carbocycles. The number of nitrogens with zero attached hydrogens (tertiary/aromatic N) is 2. The fraction of sp³-hybridized carbons (Fsp3) is 0.267. The van der Waals surface area contributed by atoms with Gasteiger partial charge in [-0.05, 0) is 55.7 Å². The standard InChI is InChI=1S/C15H19N3/c1-10-7-11(2)9-13(8-10)18(4)15-14(16)12(3)5-6-17-15/h5-9H,16H2,1-4H3. The van der Waals surface area contributed by atoms with Gasteiger partial charge in [-0.3, -0.25) is 0 Å². The van der Waals surface area contributed by atoms with Crippen LogP contribution in [0.5, 0.6) is 0 Å². The Morgan fingerprint density at radius 2 is 1.67 bits per heavy atom. The maximum absolute atomic E-state index is 6.09. The third-order valence-corrected chi connectivity index (χ3v) is 3.10. The van der Waals surface area contributed by atoms with E-state index in [1.165, 1.54) is 11.1 Å². The second-order valence-electron chi connectivity index (χ2n) is 4.77. The molecule has 0 spiro atoms. The van der Waals surface area contributed by atoms with Gasteiger partial charge in [0.2, 0.25) is 0 Å². The Kier molecular flexibility index (Phi) is 3.24. The Hall–Kier alpha value is -2.03. The summed E-state index contributed by atoms with van der Waals surface area (Å²) in [5, 5.41) is 0. The van der Waals surface area contributed by atoms with Crippen molar-refractivity contribution in [2.24, 2.45) is 0 Å². The van der Waals surface area contributed by atoms with Crippen molar-refractivity contribution in [3.8, 4) is 0 Å². The number of nitrogens with two attached hydrogens (primary N) is 1. The average Bonchev–Trinajstić information content (AvgIpc) is 2.30. The van der Waals surface area contributed by atoms with E-state index < -0.39 is 0 Å². The van der Waals surface area contributed by atoms with E-state index in [-0.39, 0.29) is 0 Å². The molecule has 2 N–H and O–H groups in total. The first-order valence-electron chi connectivity index (χ1n) is 6.02. The van der Waals surface area contributed by atoms with Crippen LogP contribution in [0.3, 0.4) is 0 Å². The van der Waals surface area contributed by atoms with Gasteiger partial charge in [-0.2, -0.15) is 0 Å². The number of benzene rings is 1. The molecule has 1 heterocycles. The smallest absolute Gasteiger partial charge is 0.156 e. The zero-order valence-corrected chi connectivity index (χ0v) is 11.4. The highest BCUT2D eigenvalue weighted by Gasteiger charge is 2.11. The Morgan fingerprint density at radius 3 is 2.28 bits per heavy atom. The summed E-state index contributed by atoms with van der Waals surface area (Å²) in [7, 11) is 1.99. The summed E-state index contributed by atoms with van der Waals surface area (Å²) in [6, 6.07) is 8.35. The van der Waals surface area contributed by atoms with Crippen LogP contribution in [-0.2, 0) is 0 Å². The Bertz CT molecular complexity index is 556. The predicted molar refractivity (Wildman–Crippen MR) is 77.4 cm³/mol. The van der Waals surface area contributed by atoms with Crippen LogP contribution >= 0.6 is 0 Å². The summed E-state index contributed by atoms with van der Waals surface area (Å²) in [5.74, 6) is 0.806. The van der Waals surface area contributed by atoms with Gasteiger partial charge in [0.1, 0.15) is 0 Å². The predicted octanol–water partition coefficient (Wildman–Crippen LogP) is 3.36. The Balaban J connectivity index is 2.47. The largest absolute Gasteiger partial charge is 0.396 e. The van der Waals surface area contributed by atoms with Gasteiger partial charge >= 0.3 is 0 Å². The minimum absolute atomic E-state index is 0.735. The molecule has 0 aliphatic heterocycles. The van der Waals surface area contributed by atoms with Gasteiger partial charge in [-0.25, -0.2) is 4.98 Å². The first-order valence-corrected chi connectivity index (χ1v) is 6.02. The van der Waals surface area contributed by atoms with E-state index >= 15 is 0 Å². The third-order valence-electron chi connectivity index (χ3n) is 3.10. The highest BCUT2D eigenvalue weighted by molar-refractivity contribution is 5.73. The van der Waals surface area contributed by atoms with Crippen molar-refractivity contribution in [1.82, 2.24) is 4.98 Å². The number of nitrogen functional groups attached to an aromatic ring is 1. The van der Waals surface area contributed by atoms with Crippen molar-refractivity contribution < 1.29 is 0 Å². The number of pyridine rings is 1. The minimum atomic E-state index is 0.735. The van der Waals surface area contributed by atoms with Crippen LogP contribution in [0.15, 0.2) is 30.5 Å². The molecular formula is C15H19N3. The van der Waals surface area contributed by atoms with Crippen molar-refractivity contribution in [2.45, 2.75) is 20.8 Å². The summed E-state index contributed by atoms with van der Waals surface area (Å²) in [5.41, 5.74) is 11.5. The Labute approximate surface area is 108 Å². The van der Waals surface area contributed by atoms with Crippen LogP contribution < -0.4 is 10.6 Å². The lowest BCUT2D eigenvalue weighted by Crippen LogP contribution is -2.14. The van der Waals surface area contributed by atoms with E-state index in [9.17, 15) is 0 Å². The molecule has 2 aromatic rings. The van der Waals surface area contributed by atoms with Gasteiger partial charge in [0, 0.05) is 18.9 Å². The molecule has 1 aromatic carbocycles. The van der Waals surface area contributed by atoms with E-state index in [1.54, 1.807) is 6.20 Å². The fourth-order valence-electron chi connectivity index (χ4n) is 2.09. The maximum atomic E-state index is 6.09. The second kappa shape index (κ2) is 4.69. The van der Waals surface area contributed by atoms with Crippen molar-refractivity contribution in [2.75, 3.05) is 17.7 Å². The molecular weight excluding hydrogens is 222 g/mol. The number of rotatable bonds is 2. The average molecular weight is 241 g/mol. The monoisotopic (exact) mass is 241 g/mol. The first-order chi connectivity index (χ1) is 8.49. The van der Waals surface area contributed by atoms with Gasteiger partial charge in [-0.15, -0.1) is 0 Å². The number of hydrogen-bond acceptors (Lipinski definition) is 3. The van der Waals surface area contributed by atoms with Gasteiger partial charge in [0.25, 0.3) is 0 Å². The van der Waals surface area contributed by atoms with Crippen molar-refractivity contribution >= 4 is 17.2 Å². The summed E-state index contributed by atoms with van der Waals surface area (Å²) >= 11 is 0. The molecule has 0 amide bonds. The minimum Gasteiger partial charge on any atom is -0.396 e. The number of anilines is 3. The molecule has 0 saturated carbocycles. The zero-order chi connectivity index (χ0) is 13.3. The molecule has 1 aromatic heterocycles. The van der Waals surface area contributed by atoms with E-state index in [2.05, 4.69) is 37.0 Å². The highest BCUT2D eigenvalue weighted by atomic mass is 15.2. The molecule has 0 fully saturated rings. The van der Waals surface area contributed by atoms with Crippen LogP contribution in [0.25, 0.3) is 0 Å². The second-order valence-corrected chi connectivity index (χ2v) is 4.77. The molecule has 3 heteroatoms. The lowest BCUT2D eigenvalue weighted by atomic mass is 10.1. The third kappa shape index (κ3) is 2.30. The number of aromatic nitrogens is 1. The number of hydrogen-bond donors (Lipinski definition) is 1. The molecule has 18 heavy (non-hydrogen) atoms. The molecule has 0 radical (unpaired) electrons. The molecule has 0 bridgehead atoms. The van der Waals surface area contributed by atoms with Crippen LogP contribution in [0.4, 0.5) is 17.2 Å².